The van der Waals surface area contributed by atoms with Crippen molar-refractivity contribution < 1.29 is 13.9 Å². The highest BCUT2D eigenvalue weighted by Crippen LogP contribution is 2.38. The molecule has 1 aliphatic rings. The van der Waals surface area contributed by atoms with Gasteiger partial charge in [-0.05, 0) is 55.5 Å². The Morgan fingerprint density at radius 2 is 1.90 bits per heavy atom. The molecule has 0 radical (unpaired) electrons. The number of thioether (sulfide) groups is 1. The van der Waals surface area contributed by atoms with Gasteiger partial charge >= 0.3 is 0 Å². The van der Waals surface area contributed by atoms with Crippen LogP contribution in [0.15, 0.2) is 63.9 Å². The van der Waals surface area contributed by atoms with Gasteiger partial charge in [0.05, 0.1) is 27.2 Å². The van der Waals surface area contributed by atoms with Gasteiger partial charge in [0.15, 0.2) is 4.32 Å². The van der Waals surface area contributed by atoms with Crippen LogP contribution in [0.25, 0.3) is 17.4 Å². The molecule has 0 spiro atoms. The molecule has 0 N–H and O–H groups in total. The molecule has 1 aliphatic heterocycles. The molecule has 3 aromatic rings. The maximum absolute atomic E-state index is 12.9. The lowest BCUT2D eigenvalue weighted by Gasteiger charge is -2.15. The lowest BCUT2D eigenvalue weighted by molar-refractivity contribution is -0.113. The van der Waals surface area contributed by atoms with Crippen molar-refractivity contribution in [1.29, 1.82) is 0 Å². The number of furan rings is 1. The summed E-state index contributed by atoms with van der Waals surface area (Å²) in [6.07, 6.45) is 1.68. The Hall–Kier alpha value is -2.25. The topological polar surface area (TPSA) is 42.7 Å². The molecule has 4 rings (SSSR count). The molecule has 1 aromatic heterocycles. The van der Waals surface area contributed by atoms with Gasteiger partial charge in [-0.2, -0.15) is 0 Å². The molecule has 152 valence electrons. The summed E-state index contributed by atoms with van der Waals surface area (Å²) >= 11 is 19.0. The number of ether oxygens (including phenoxy) is 1. The first kappa shape index (κ1) is 21.0. The third-order valence-electron chi connectivity index (χ3n) is 4.32. The maximum Gasteiger partial charge on any atom is 0.270 e. The van der Waals surface area contributed by atoms with Crippen LogP contribution < -0.4 is 9.64 Å². The van der Waals surface area contributed by atoms with E-state index in [4.69, 9.17) is 44.6 Å². The minimum atomic E-state index is -0.201. The van der Waals surface area contributed by atoms with Gasteiger partial charge in [-0.15, -0.1) is 0 Å². The van der Waals surface area contributed by atoms with Crippen LogP contribution in [-0.4, -0.2) is 16.8 Å². The molecular formula is C22H15Cl2NO3S2. The fraction of sp³-hybridized carbons (Fsp3) is 0.0909. The molecule has 2 aromatic carbocycles. The predicted octanol–water partition coefficient (Wildman–Crippen LogP) is 7.06. The van der Waals surface area contributed by atoms with Crippen LogP contribution in [0.5, 0.6) is 5.75 Å². The lowest BCUT2D eigenvalue weighted by Crippen LogP contribution is -2.27. The molecule has 0 atom stereocenters. The molecule has 1 amide bonds. The first-order valence-electron chi connectivity index (χ1n) is 9.03. The van der Waals surface area contributed by atoms with Crippen LogP contribution >= 0.6 is 47.2 Å². The Balaban J connectivity index is 1.58. The summed E-state index contributed by atoms with van der Waals surface area (Å²) < 4.78 is 11.8. The van der Waals surface area contributed by atoms with Crippen molar-refractivity contribution in [3.8, 4) is 17.1 Å². The Kier molecular flexibility index (Phi) is 6.20. The third-order valence-corrected chi connectivity index (χ3v) is 6.44. The maximum atomic E-state index is 12.9. The van der Waals surface area contributed by atoms with Crippen LogP contribution in [0.2, 0.25) is 10.0 Å². The van der Waals surface area contributed by atoms with E-state index in [1.54, 1.807) is 30.3 Å². The predicted molar refractivity (Wildman–Crippen MR) is 127 cm³/mol. The summed E-state index contributed by atoms with van der Waals surface area (Å²) in [5, 5.41) is 0.866. The van der Waals surface area contributed by atoms with Crippen LogP contribution in [0.1, 0.15) is 12.7 Å². The minimum Gasteiger partial charge on any atom is -0.494 e. The Morgan fingerprint density at radius 1 is 1.13 bits per heavy atom. The molecular weight excluding hydrogens is 461 g/mol. The Labute approximate surface area is 193 Å². The second-order valence-corrected chi connectivity index (χ2v) is 8.71. The van der Waals surface area contributed by atoms with Gasteiger partial charge in [-0.25, -0.2) is 0 Å². The van der Waals surface area contributed by atoms with E-state index in [9.17, 15) is 4.79 Å². The summed E-state index contributed by atoms with van der Waals surface area (Å²) in [4.78, 5) is 14.9. The molecule has 0 saturated carbocycles. The van der Waals surface area contributed by atoms with Crippen LogP contribution in [0.3, 0.4) is 0 Å². The second kappa shape index (κ2) is 8.86. The minimum absolute atomic E-state index is 0.201. The number of nitrogens with zero attached hydrogens (tertiary/aromatic N) is 1. The number of anilines is 1. The molecule has 4 nitrogen and oxygen atoms in total. The molecule has 0 aliphatic carbocycles. The van der Waals surface area contributed by atoms with E-state index in [2.05, 4.69) is 0 Å². The zero-order valence-corrected chi connectivity index (χ0v) is 18.9. The second-order valence-electron chi connectivity index (χ2n) is 6.25. The smallest absolute Gasteiger partial charge is 0.270 e. The van der Waals surface area contributed by atoms with Gasteiger partial charge < -0.3 is 9.15 Å². The van der Waals surface area contributed by atoms with E-state index < -0.39 is 0 Å². The number of hydrogen-bond acceptors (Lipinski definition) is 5. The normalized spacial score (nSPS) is 15.3. The standard InChI is InChI=1S/C22H15Cl2NO3S2/c1-2-27-14-8-6-13(7-9-14)25-21(26)19(30-22(25)29)12-15-10-11-18(28-15)16-4-3-5-17(23)20(16)24/h3-12H,2H2,1H3/b19-12-. The Bertz CT molecular complexity index is 1160. The zero-order chi connectivity index (χ0) is 21.3. The summed E-state index contributed by atoms with van der Waals surface area (Å²) in [6.45, 7) is 2.50. The molecule has 0 bridgehead atoms. The molecule has 0 unspecified atom stereocenters. The van der Waals surface area contributed by atoms with Gasteiger partial charge in [0, 0.05) is 11.6 Å². The van der Waals surface area contributed by atoms with E-state index in [0.29, 0.717) is 48.6 Å². The van der Waals surface area contributed by atoms with E-state index in [1.807, 2.05) is 37.3 Å². The average molecular weight is 476 g/mol. The number of thiocarbonyl (C=S) groups is 1. The van der Waals surface area contributed by atoms with Crippen molar-refractivity contribution in [2.45, 2.75) is 6.92 Å². The summed E-state index contributed by atoms with van der Waals surface area (Å²) in [5.74, 6) is 1.63. The van der Waals surface area contributed by atoms with Crippen molar-refractivity contribution in [3.63, 3.8) is 0 Å². The van der Waals surface area contributed by atoms with E-state index in [0.717, 1.165) is 5.75 Å². The number of amides is 1. The van der Waals surface area contributed by atoms with Crippen molar-refractivity contribution in [2.75, 3.05) is 11.5 Å². The monoisotopic (exact) mass is 475 g/mol. The quantitative estimate of drug-likeness (QED) is 0.291. The zero-order valence-electron chi connectivity index (χ0n) is 15.7. The Morgan fingerprint density at radius 3 is 2.63 bits per heavy atom. The van der Waals surface area contributed by atoms with Crippen LogP contribution in [0, 0.1) is 0 Å². The van der Waals surface area contributed by atoms with Crippen LogP contribution in [-0.2, 0) is 4.79 Å². The number of rotatable bonds is 5. The van der Waals surface area contributed by atoms with Gasteiger partial charge in [0.2, 0.25) is 0 Å². The highest BCUT2D eigenvalue weighted by atomic mass is 35.5. The van der Waals surface area contributed by atoms with Gasteiger partial charge in [0.25, 0.3) is 5.91 Å². The van der Waals surface area contributed by atoms with Crippen LogP contribution in [0.4, 0.5) is 5.69 Å². The first-order chi connectivity index (χ1) is 14.5. The van der Waals surface area contributed by atoms with E-state index in [1.165, 1.54) is 16.7 Å². The number of halogens is 2. The largest absolute Gasteiger partial charge is 0.494 e. The lowest BCUT2D eigenvalue weighted by atomic mass is 10.2. The molecule has 1 fully saturated rings. The van der Waals surface area contributed by atoms with E-state index >= 15 is 0 Å². The summed E-state index contributed by atoms with van der Waals surface area (Å²) in [5.41, 5.74) is 1.38. The van der Waals surface area contributed by atoms with E-state index in [-0.39, 0.29) is 5.91 Å². The SMILES string of the molecule is CCOc1ccc(N2C(=O)/C(=C/c3ccc(-c4cccc(Cl)c4Cl)o3)SC2=S)cc1. The van der Waals surface area contributed by atoms with Crippen molar-refractivity contribution >= 4 is 69.2 Å². The molecule has 1 saturated heterocycles. The first-order valence-corrected chi connectivity index (χ1v) is 11.0. The third kappa shape index (κ3) is 4.14. The van der Waals surface area contributed by atoms with Crippen molar-refractivity contribution in [1.82, 2.24) is 0 Å². The summed E-state index contributed by atoms with van der Waals surface area (Å²) in [6, 6.07) is 16.1. The highest BCUT2D eigenvalue weighted by Gasteiger charge is 2.33. The fourth-order valence-electron chi connectivity index (χ4n) is 2.95. The van der Waals surface area contributed by atoms with Gasteiger partial charge in [0.1, 0.15) is 17.3 Å². The molecule has 30 heavy (non-hydrogen) atoms. The van der Waals surface area contributed by atoms with Gasteiger partial charge in [-0.3, -0.25) is 9.69 Å². The molecule has 2 heterocycles. The van der Waals surface area contributed by atoms with Crippen molar-refractivity contribution in [3.05, 3.63) is 75.3 Å². The average Bonchev–Trinajstić information content (AvgIpc) is 3.30. The molecule has 8 heteroatoms. The number of carbonyl (C=O) groups is 1. The highest BCUT2D eigenvalue weighted by molar-refractivity contribution is 8.27. The number of hydrogen-bond donors (Lipinski definition) is 0. The number of benzene rings is 2. The summed E-state index contributed by atoms with van der Waals surface area (Å²) in [7, 11) is 0. The van der Waals surface area contributed by atoms with Crippen molar-refractivity contribution in [2.24, 2.45) is 0 Å². The number of carbonyl (C=O) groups excluding carboxylic acids is 1. The fourth-order valence-corrected chi connectivity index (χ4v) is 4.62. The van der Waals surface area contributed by atoms with Gasteiger partial charge in [-0.1, -0.05) is 53.2 Å².